The van der Waals surface area contributed by atoms with Gasteiger partial charge in [0.2, 0.25) is 0 Å². The van der Waals surface area contributed by atoms with Crippen molar-refractivity contribution < 1.29 is 14.6 Å². The number of ether oxygens (including phenoxy) is 2. The minimum Gasteiger partial charge on any atom is -0.486 e. The average Bonchev–Trinajstić information content (AvgIpc) is 2.49. The first kappa shape index (κ1) is 15.6. The highest BCUT2D eigenvalue weighted by molar-refractivity contribution is 6.32. The third kappa shape index (κ3) is 3.27. The highest BCUT2D eigenvalue weighted by Crippen LogP contribution is 2.41. The number of hydrogen-bond acceptors (Lipinski definition) is 3. The van der Waals surface area contributed by atoms with Gasteiger partial charge in [-0.1, -0.05) is 17.7 Å². The smallest absolute Gasteiger partial charge is 0.138 e. The van der Waals surface area contributed by atoms with E-state index in [4.69, 9.17) is 21.1 Å². The summed E-state index contributed by atoms with van der Waals surface area (Å²) in [5, 5.41) is 10.1. The summed E-state index contributed by atoms with van der Waals surface area (Å²) >= 11 is 6.24. The first-order valence-corrected chi connectivity index (χ1v) is 7.33. The molecule has 2 rings (SSSR count). The molecule has 3 nitrogen and oxygen atoms in total. The summed E-state index contributed by atoms with van der Waals surface area (Å²) in [6, 6.07) is 5.39. The van der Waals surface area contributed by atoms with Crippen molar-refractivity contribution in [1.82, 2.24) is 0 Å². The van der Waals surface area contributed by atoms with Crippen molar-refractivity contribution in [2.45, 2.75) is 64.4 Å². The Hall–Kier alpha value is -0.770. The van der Waals surface area contributed by atoms with Gasteiger partial charge in [-0.15, -0.1) is 0 Å². The normalized spacial score (nSPS) is 25.4. The van der Waals surface area contributed by atoms with E-state index in [1.807, 2.05) is 26.0 Å². The van der Waals surface area contributed by atoms with Gasteiger partial charge >= 0.3 is 0 Å². The maximum Gasteiger partial charge on any atom is 0.138 e. The summed E-state index contributed by atoms with van der Waals surface area (Å²) in [5.41, 5.74) is 0.236. The van der Waals surface area contributed by atoms with Crippen molar-refractivity contribution in [1.29, 1.82) is 0 Å². The summed E-state index contributed by atoms with van der Waals surface area (Å²) < 4.78 is 12.1. The van der Waals surface area contributed by atoms with Gasteiger partial charge in [-0.2, -0.15) is 0 Å². The van der Waals surface area contributed by atoms with Crippen molar-refractivity contribution in [3.05, 3.63) is 28.8 Å². The second kappa shape index (κ2) is 5.21. The maximum atomic E-state index is 9.56. The summed E-state index contributed by atoms with van der Waals surface area (Å²) in [4.78, 5) is 0. The van der Waals surface area contributed by atoms with E-state index in [2.05, 4.69) is 13.8 Å². The second-order valence-corrected chi connectivity index (χ2v) is 7.05. The van der Waals surface area contributed by atoms with Crippen LogP contribution in [0.5, 0.6) is 5.75 Å². The minimum atomic E-state index is -0.535. The SMILES string of the molecule is C[C@H](O)c1ccc(OC2CC(C)(C)OC2(C)C)c(Cl)c1. The van der Waals surface area contributed by atoms with Gasteiger partial charge in [0.05, 0.1) is 16.7 Å². The fourth-order valence-electron chi connectivity index (χ4n) is 2.72. The third-order valence-electron chi connectivity index (χ3n) is 3.70. The molecule has 1 unspecified atom stereocenters. The molecule has 0 bridgehead atoms. The van der Waals surface area contributed by atoms with Crippen LogP contribution in [-0.4, -0.2) is 22.4 Å². The van der Waals surface area contributed by atoms with Crippen LogP contribution < -0.4 is 4.74 Å². The topological polar surface area (TPSA) is 38.7 Å². The van der Waals surface area contributed by atoms with E-state index < -0.39 is 6.10 Å². The largest absolute Gasteiger partial charge is 0.486 e. The highest BCUT2D eigenvalue weighted by Gasteiger charge is 2.47. The van der Waals surface area contributed by atoms with E-state index in [1.165, 1.54) is 0 Å². The first-order valence-electron chi connectivity index (χ1n) is 6.95. The van der Waals surface area contributed by atoms with Gasteiger partial charge in [0.15, 0.2) is 0 Å². The van der Waals surface area contributed by atoms with Crippen molar-refractivity contribution >= 4 is 11.6 Å². The number of rotatable bonds is 3. The zero-order valence-electron chi connectivity index (χ0n) is 12.7. The zero-order chi connectivity index (χ0) is 15.1. The van der Waals surface area contributed by atoms with Crippen LogP contribution in [0.2, 0.25) is 5.02 Å². The predicted octanol–water partition coefficient (Wildman–Crippen LogP) is 4.12. The molecule has 20 heavy (non-hydrogen) atoms. The standard InChI is InChI=1S/C16H23ClO3/c1-10(18)11-6-7-13(12(17)8-11)19-14-9-15(2,3)20-16(14,4)5/h6-8,10,14,18H,9H2,1-5H3/t10-,14?/m0/s1. The van der Waals surface area contributed by atoms with E-state index in [-0.39, 0.29) is 17.3 Å². The Labute approximate surface area is 125 Å². The molecule has 1 fully saturated rings. The molecule has 1 aliphatic heterocycles. The van der Waals surface area contributed by atoms with E-state index in [9.17, 15) is 5.11 Å². The van der Waals surface area contributed by atoms with Crippen molar-refractivity contribution in [2.75, 3.05) is 0 Å². The van der Waals surface area contributed by atoms with Gasteiger partial charge < -0.3 is 14.6 Å². The maximum absolute atomic E-state index is 9.56. The Morgan fingerprint density at radius 3 is 2.45 bits per heavy atom. The van der Waals surface area contributed by atoms with Gasteiger partial charge in [0.1, 0.15) is 17.5 Å². The lowest BCUT2D eigenvalue weighted by Gasteiger charge is -2.27. The quantitative estimate of drug-likeness (QED) is 0.912. The number of benzene rings is 1. The molecule has 0 amide bonds. The minimum absolute atomic E-state index is 0.0487. The fraction of sp³-hybridized carbons (Fsp3) is 0.625. The highest BCUT2D eigenvalue weighted by atomic mass is 35.5. The molecule has 0 aromatic heterocycles. The molecule has 2 atom stereocenters. The third-order valence-corrected chi connectivity index (χ3v) is 3.99. The Bertz CT molecular complexity index is 494. The average molecular weight is 299 g/mol. The molecule has 1 aliphatic rings. The summed E-state index contributed by atoms with van der Waals surface area (Å²) in [7, 11) is 0. The van der Waals surface area contributed by atoms with Gasteiger partial charge in [-0.3, -0.25) is 0 Å². The molecular weight excluding hydrogens is 276 g/mol. The molecule has 0 saturated carbocycles. The van der Waals surface area contributed by atoms with Crippen LogP contribution in [0.3, 0.4) is 0 Å². The molecule has 112 valence electrons. The van der Waals surface area contributed by atoms with Crippen LogP contribution in [0.25, 0.3) is 0 Å². The van der Waals surface area contributed by atoms with Gasteiger partial charge in [0.25, 0.3) is 0 Å². The van der Waals surface area contributed by atoms with Crippen molar-refractivity contribution in [3.63, 3.8) is 0 Å². The summed E-state index contributed by atoms with van der Waals surface area (Å²) in [5.74, 6) is 0.635. The lowest BCUT2D eigenvalue weighted by Crippen LogP contribution is -2.36. The van der Waals surface area contributed by atoms with Crippen LogP contribution in [0.4, 0.5) is 0 Å². The summed E-state index contributed by atoms with van der Waals surface area (Å²) in [6.07, 6.45) is 0.230. The second-order valence-electron chi connectivity index (χ2n) is 6.64. The molecule has 1 N–H and O–H groups in total. The van der Waals surface area contributed by atoms with E-state index in [1.54, 1.807) is 13.0 Å². The molecule has 1 saturated heterocycles. The molecular formula is C16H23ClO3. The summed E-state index contributed by atoms with van der Waals surface area (Å²) in [6.45, 7) is 9.91. The lowest BCUT2D eigenvalue weighted by molar-refractivity contribution is -0.0845. The molecule has 1 aromatic rings. The fourth-order valence-corrected chi connectivity index (χ4v) is 2.95. The zero-order valence-corrected chi connectivity index (χ0v) is 13.5. The number of aliphatic hydroxyl groups is 1. The Balaban J connectivity index is 2.18. The van der Waals surface area contributed by atoms with Crippen LogP contribution in [0, 0.1) is 0 Å². The number of hydrogen-bond donors (Lipinski definition) is 1. The van der Waals surface area contributed by atoms with E-state index in [0.717, 1.165) is 12.0 Å². The van der Waals surface area contributed by atoms with Crippen LogP contribution in [0.15, 0.2) is 18.2 Å². The predicted molar refractivity (Wildman–Crippen MR) is 80.4 cm³/mol. The molecule has 0 aliphatic carbocycles. The van der Waals surface area contributed by atoms with Crippen LogP contribution in [0.1, 0.15) is 52.7 Å². The van der Waals surface area contributed by atoms with Gasteiger partial charge in [-0.05, 0) is 52.3 Å². The molecule has 1 heterocycles. The molecule has 0 radical (unpaired) electrons. The number of aliphatic hydroxyl groups excluding tert-OH is 1. The van der Waals surface area contributed by atoms with Gasteiger partial charge in [-0.25, -0.2) is 0 Å². The molecule has 1 aromatic carbocycles. The van der Waals surface area contributed by atoms with E-state index >= 15 is 0 Å². The van der Waals surface area contributed by atoms with Crippen molar-refractivity contribution in [3.8, 4) is 5.75 Å². The molecule has 0 spiro atoms. The van der Waals surface area contributed by atoms with Crippen LogP contribution >= 0.6 is 11.6 Å². The Morgan fingerprint density at radius 2 is 2.00 bits per heavy atom. The monoisotopic (exact) mass is 298 g/mol. The van der Waals surface area contributed by atoms with Gasteiger partial charge in [0, 0.05) is 6.42 Å². The Kier molecular flexibility index (Phi) is 4.07. The van der Waals surface area contributed by atoms with E-state index in [0.29, 0.717) is 10.8 Å². The lowest BCUT2D eigenvalue weighted by atomic mass is 9.97. The van der Waals surface area contributed by atoms with Crippen LogP contribution in [-0.2, 0) is 4.74 Å². The Morgan fingerprint density at radius 1 is 1.35 bits per heavy atom. The first-order chi connectivity index (χ1) is 9.11. The number of halogens is 1. The molecule has 4 heteroatoms. The van der Waals surface area contributed by atoms with Crippen molar-refractivity contribution in [2.24, 2.45) is 0 Å².